The molecule has 0 spiro atoms. The lowest BCUT2D eigenvalue weighted by Crippen LogP contribution is -2.20. The van der Waals surface area contributed by atoms with Crippen molar-refractivity contribution in [2.75, 3.05) is 5.75 Å². The molecule has 3 heteroatoms. The van der Waals surface area contributed by atoms with Gasteiger partial charge in [0.2, 0.25) is 0 Å². The molecule has 0 bridgehead atoms. The van der Waals surface area contributed by atoms with Crippen LogP contribution in [0.1, 0.15) is 20.8 Å². The van der Waals surface area contributed by atoms with Gasteiger partial charge in [0.15, 0.2) is 0 Å². The summed E-state index contributed by atoms with van der Waals surface area (Å²) in [6.07, 6.45) is 0. The molecule has 0 radical (unpaired) electrons. The minimum atomic E-state index is -0.701. The Morgan fingerprint density at radius 2 is 2.10 bits per heavy atom. The van der Waals surface area contributed by atoms with Crippen molar-refractivity contribution in [2.24, 2.45) is 5.92 Å². The number of thioether (sulfide) groups is 1. The summed E-state index contributed by atoms with van der Waals surface area (Å²) in [7, 11) is 0. The number of hydrogen-bond donors (Lipinski definition) is 1. The average molecular weight is 162 g/mol. The number of carboxylic acids is 1. The Kier molecular flexibility index (Phi) is 4.52. The topological polar surface area (TPSA) is 37.3 Å². The van der Waals surface area contributed by atoms with Crippen molar-refractivity contribution in [1.29, 1.82) is 0 Å². The van der Waals surface area contributed by atoms with Crippen LogP contribution in [-0.4, -0.2) is 22.1 Å². The number of aliphatic carboxylic acids is 1. The second-order valence-electron chi connectivity index (χ2n) is 2.29. The Hall–Kier alpha value is -0.180. The lowest BCUT2D eigenvalue weighted by Gasteiger charge is -2.13. The maximum atomic E-state index is 10.4. The molecule has 60 valence electrons. The smallest absolute Gasteiger partial charge is 0.307 e. The van der Waals surface area contributed by atoms with Crippen molar-refractivity contribution in [1.82, 2.24) is 0 Å². The summed E-state index contributed by atoms with van der Waals surface area (Å²) in [6, 6.07) is 0. The van der Waals surface area contributed by atoms with Gasteiger partial charge >= 0.3 is 5.97 Å². The van der Waals surface area contributed by atoms with E-state index in [1.807, 2.05) is 13.8 Å². The summed E-state index contributed by atoms with van der Waals surface area (Å²) in [5.41, 5.74) is 0. The lowest BCUT2D eigenvalue weighted by molar-refractivity contribution is -0.140. The third kappa shape index (κ3) is 3.11. The van der Waals surface area contributed by atoms with Crippen LogP contribution in [0.25, 0.3) is 0 Å². The normalized spacial score (nSPS) is 16.3. The fraction of sp³-hybridized carbons (Fsp3) is 0.857. The van der Waals surface area contributed by atoms with Crippen LogP contribution in [0.5, 0.6) is 0 Å². The predicted molar refractivity (Wildman–Crippen MR) is 44.4 cm³/mol. The van der Waals surface area contributed by atoms with Crippen LogP contribution in [0.15, 0.2) is 0 Å². The van der Waals surface area contributed by atoms with Gasteiger partial charge in [-0.3, -0.25) is 4.79 Å². The molecule has 2 unspecified atom stereocenters. The van der Waals surface area contributed by atoms with Crippen LogP contribution >= 0.6 is 11.8 Å². The number of carbonyl (C=O) groups is 1. The number of carboxylic acid groups (broad SMARTS) is 1. The number of rotatable bonds is 4. The van der Waals surface area contributed by atoms with E-state index in [0.29, 0.717) is 0 Å². The molecule has 0 heterocycles. The first-order chi connectivity index (χ1) is 4.59. The molecule has 2 atom stereocenters. The molecule has 0 amide bonds. The highest BCUT2D eigenvalue weighted by atomic mass is 32.2. The first-order valence-corrected chi connectivity index (χ1v) is 4.48. The Morgan fingerprint density at radius 3 is 2.40 bits per heavy atom. The van der Waals surface area contributed by atoms with E-state index in [2.05, 4.69) is 0 Å². The molecular formula is C7H14O2S. The van der Waals surface area contributed by atoms with Crippen LogP contribution in [0.3, 0.4) is 0 Å². The van der Waals surface area contributed by atoms with E-state index < -0.39 is 5.97 Å². The van der Waals surface area contributed by atoms with Crippen molar-refractivity contribution in [3.63, 3.8) is 0 Å². The zero-order chi connectivity index (χ0) is 8.15. The first-order valence-electron chi connectivity index (χ1n) is 3.44. The lowest BCUT2D eigenvalue weighted by atomic mass is 10.1. The fourth-order valence-electron chi connectivity index (χ4n) is 0.608. The zero-order valence-corrected chi connectivity index (χ0v) is 7.44. The van der Waals surface area contributed by atoms with Gasteiger partial charge in [0.25, 0.3) is 0 Å². The molecule has 0 rings (SSSR count). The maximum Gasteiger partial charge on any atom is 0.307 e. The van der Waals surface area contributed by atoms with Gasteiger partial charge in [-0.05, 0) is 5.75 Å². The fourth-order valence-corrected chi connectivity index (χ4v) is 1.54. The predicted octanol–water partition coefficient (Wildman–Crippen LogP) is 1.85. The molecule has 0 aliphatic rings. The summed E-state index contributed by atoms with van der Waals surface area (Å²) < 4.78 is 0. The summed E-state index contributed by atoms with van der Waals surface area (Å²) in [5, 5.41) is 8.79. The van der Waals surface area contributed by atoms with Crippen molar-refractivity contribution in [2.45, 2.75) is 26.0 Å². The molecule has 2 nitrogen and oxygen atoms in total. The van der Waals surface area contributed by atoms with E-state index in [0.717, 1.165) is 5.75 Å². The minimum Gasteiger partial charge on any atom is -0.481 e. The average Bonchev–Trinajstić information content (AvgIpc) is 1.87. The minimum absolute atomic E-state index is 0.225. The molecular weight excluding hydrogens is 148 g/mol. The van der Waals surface area contributed by atoms with Gasteiger partial charge < -0.3 is 5.11 Å². The molecule has 0 aromatic carbocycles. The van der Waals surface area contributed by atoms with E-state index in [9.17, 15) is 4.79 Å². The van der Waals surface area contributed by atoms with Crippen molar-refractivity contribution < 1.29 is 9.90 Å². The highest BCUT2D eigenvalue weighted by Crippen LogP contribution is 2.18. The molecule has 0 aliphatic carbocycles. The standard InChI is InChI=1S/C7H14O2S/c1-4-10-6(3)5(2)7(8)9/h5-6H,4H2,1-3H3,(H,8,9). The zero-order valence-electron chi connectivity index (χ0n) is 6.63. The van der Waals surface area contributed by atoms with Gasteiger partial charge in [0, 0.05) is 5.25 Å². The second kappa shape index (κ2) is 4.61. The third-order valence-electron chi connectivity index (χ3n) is 1.52. The monoisotopic (exact) mass is 162 g/mol. The van der Waals surface area contributed by atoms with Gasteiger partial charge in [-0.15, -0.1) is 0 Å². The molecule has 0 saturated heterocycles. The number of hydrogen-bond acceptors (Lipinski definition) is 2. The molecule has 0 saturated carbocycles. The van der Waals surface area contributed by atoms with Crippen LogP contribution < -0.4 is 0 Å². The van der Waals surface area contributed by atoms with E-state index in [4.69, 9.17) is 5.11 Å². The molecule has 0 fully saturated rings. The quantitative estimate of drug-likeness (QED) is 0.685. The van der Waals surface area contributed by atoms with Gasteiger partial charge in [0.1, 0.15) is 0 Å². The first kappa shape index (κ1) is 9.82. The molecule has 0 aromatic heterocycles. The van der Waals surface area contributed by atoms with Gasteiger partial charge in [0.05, 0.1) is 5.92 Å². The highest BCUT2D eigenvalue weighted by molar-refractivity contribution is 7.99. The van der Waals surface area contributed by atoms with E-state index in [1.54, 1.807) is 18.7 Å². The van der Waals surface area contributed by atoms with Gasteiger partial charge in [-0.25, -0.2) is 0 Å². The van der Waals surface area contributed by atoms with E-state index in [-0.39, 0.29) is 11.2 Å². The Bertz CT molecular complexity index is 114. The Balaban J connectivity index is 3.69. The molecule has 0 aromatic rings. The van der Waals surface area contributed by atoms with Crippen molar-refractivity contribution >= 4 is 17.7 Å². The van der Waals surface area contributed by atoms with Crippen LogP contribution in [0, 0.1) is 5.92 Å². The summed E-state index contributed by atoms with van der Waals surface area (Å²) in [5.74, 6) is 0.0529. The molecule has 0 aliphatic heterocycles. The SMILES string of the molecule is CCSC(C)C(C)C(=O)O. The summed E-state index contributed by atoms with van der Waals surface area (Å²) in [6.45, 7) is 5.73. The molecule has 10 heavy (non-hydrogen) atoms. The largest absolute Gasteiger partial charge is 0.481 e. The van der Waals surface area contributed by atoms with Crippen LogP contribution in [-0.2, 0) is 4.79 Å². The van der Waals surface area contributed by atoms with Gasteiger partial charge in [-0.2, -0.15) is 11.8 Å². The molecule has 1 N–H and O–H groups in total. The van der Waals surface area contributed by atoms with E-state index in [1.165, 1.54) is 0 Å². The highest BCUT2D eigenvalue weighted by Gasteiger charge is 2.18. The van der Waals surface area contributed by atoms with E-state index >= 15 is 0 Å². The van der Waals surface area contributed by atoms with Crippen LogP contribution in [0.4, 0.5) is 0 Å². The maximum absolute atomic E-state index is 10.4. The van der Waals surface area contributed by atoms with Crippen molar-refractivity contribution in [3.05, 3.63) is 0 Å². The van der Waals surface area contributed by atoms with Crippen molar-refractivity contribution in [3.8, 4) is 0 Å². The Labute approximate surface area is 66.0 Å². The summed E-state index contributed by atoms with van der Waals surface area (Å²) >= 11 is 1.69. The second-order valence-corrected chi connectivity index (χ2v) is 3.94. The third-order valence-corrected chi connectivity index (χ3v) is 2.79. The Morgan fingerprint density at radius 1 is 1.60 bits per heavy atom. The van der Waals surface area contributed by atoms with Gasteiger partial charge in [-0.1, -0.05) is 20.8 Å². The van der Waals surface area contributed by atoms with Crippen LogP contribution in [0.2, 0.25) is 0 Å². The summed E-state index contributed by atoms with van der Waals surface area (Å²) in [4.78, 5) is 10.4.